The van der Waals surface area contributed by atoms with Gasteiger partial charge in [-0.25, -0.2) is 19.9 Å². The molecule has 198 valence electrons. The molecule has 6 rings (SSSR count). The summed E-state index contributed by atoms with van der Waals surface area (Å²) in [5, 5.41) is 3.33. The van der Waals surface area contributed by atoms with E-state index in [4.69, 9.17) is 14.7 Å². The average molecular weight is 532 g/mol. The molecule has 0 aliphatic carbocycles. The standard InChI is InChI=1S/C28H24F3N7O/c29-28(30,31)21-9-6-19(7-10-21)17-38-18-33-24-26(34-22-4-2-1-3-5-22)35-25(36-27(24)38)20-8-11-23(32-16-20)37-12-14-39-15-13-37/h1-11,16,18H,12-15,17H2,(H,34,35,36). The first-order chi connectivity index (χ1) is 18.9. The molecular weight excluding hydrogens is 507 g/mol. The lowest BCUT2D eigenvalue weighted by atomic mass is 10.1. The van der Waals surface area contributed by atoms with Crippen LogP contribution < -0.4 is 10.2 Å². The zero-order chi connectivity index (χ0) is 26.8. The first kappa shape index (κ1) is 24.8. The molecule has 5 aromatic rings. The minimum Gasteiger partial charge on any atom is -0.378 e. The van der Waals surface area contributed by atoms with Gasteiger partial charge in [0, 0.05) is 30.5 Å². The number of rotatable bonds is 6. The maximum absolute atomic E-state index is 13.0. The van der Waals surface area contributed by atoms with E-state index in [1.807, 2.05) is 42.5 Å². The molecule has 8 nitrogen and oxygen atoms in total. The van der Waals surface area contributed by atoms with Gasteiger partial charge in [-0.3, -0.25) is 0 Å². The molecule has 39 heavy (non-hydrogen) atoms. The molecule has 4 heterocycles. The number of pyridine rings is 1. The molecule has 1 aliphatic rings. The second-order valence-corrected chi connectivity index (χ2v) is 9.13. The summed E-state index contributed by atoms with van der Waals surface area (Å²) in [4.78, 5) is 20.9. The predicted molar refractivity (Wildman–Crippen MR) is 142 cm³/mol. The van der Waals surface area contributed by atoms with E-state index in [-0.39, 0.29) is 0 Å². The van der Waals surface area contributed by atoms with Crippen molar-refractivity contribution in [1.82, 2.24) is 24.5 Å². The third kappa shape index (κ3) is 5.39. The highest BCUT2D eigenvalue weighted by molar-refractivity contribution is 5.87. The summed E-state index contributed by atoms with van der Waals surface area (Å²) < 4.78 is 46.3. The summed E-state index contributed by atoms with van der Waals surface area (Å²) in [6, 6.07) is 18.6. The smallest absolute Gasteiger partial charge is 0.378 e. The Hall–Kier alpha value is -4.51. The van der Waals surface area contributed by atoms with Gasteiger partial charge >= 0.3 is 6.18 Å². The quantitative estimate of drug-likeness (QED) is 0.308. The molecule has 0 unspecified atom stereocenters. The van der Waals surface area contributed by atoms with Gasteiger partial charge in [-0.2, -0.15) is 13.2 Å². The normalized spacial score (nSPS) is 14.1. The van der Waals surface area contributed by atoms with Crippen LogP contribution in [0.1, 0.15) is 11.1 Å². The second-order valence-electron chi connectivity index (χ2n) is 9.13. The molecule has 1 aliphatic heterocycles. The van der Waals surface area contributed by atoms with Crippen molar-refractivity contribution in [3.8, 4) is 11.4 Å². The molecule has 0 saturated carbocycles. The van der Waals surface area contributed by atoms with E-state index in [1.165, 1.54) is 12.1 Å². The largest absolute Gasteiger partial charge is 0.416 e. The van der Waals surface area contributed by atoms with E-state index < -0.39 is 11.7 Å². The Labute approximate surface area is 222 Å². The number of fused-ring (bicyclic) bond motifs is 1. The number of anilines is 3. The van der Waals surface area contributed by atoms with E-state index in [2.05, 4.69) is 20.2 Å². The zero-order valence-electron chi connectivity index (χ0n) is 20.8. The van der Waals surface area contributed by atoms with Crippen LogP contribution in [-0.4, -0.2) is 50.8 Å². The van der Waals surface area contributed by atoms with Gasteiger partial charge in [0.05, 0.1) is 31.6 Å². The number of halogens is 3. The summed E-state index contributed by atoms with van der Waals surface area (Å²) in [5.74, 6) is 1.83. The van der Waals surface area contributed by atoms with Gasteiger partial charge in [-0.05, 0) is 42.0 Å². The number of nitrogens with zero attached hydrogens (tertiary/aromatic N) is 6. The highest BCUT2D eigenvalue weighted by Crippen LogP contribution is 2.30. The van der Waals surface area contributed by atoms with Crippen LogP contribution in [0.15, 0.2) is 79.3 Å². The molecule has 0 radical (unpaired) electrons. The van der Waals surface area contributed by atoms with Crippen LogP contribution in [0.3, 0.4) is 0 Å². The number of morpholine rings is 1. The maximum atomic E-state index is 13.0. The number of nitrogens with one attached hydrogen (secondary N) is 1. The van der Waals surface area contributed by atoms with E-state index in [1.54, 1.807) is 17.1 Å². The molecule has 1 N–H and O–H groups in total. The third-order valence-electron chi connectivity index (χ3n) is 6.48. The monoisotopic (exact) mass is 531 g/mol. The number of benzene rings is 2. The van der Waals surface area contributed by atoms with Gasteiger partial charge in [0.2, 0.25) is 0 Å². The van der Waals surface area contributed by atoms with Crippen molar-refractivity contribution in [2.24, 2.45) is 0 Å². The Bertz CT molecular complexity index is 1560. The fraction of sp³-hybridized carbons (Fsp3) is 0.214. The van der Waals surface area contributed by atoms with Crippen LogP contribution in [-0.2, 0) is 17.5 Å². The Morgan fingerprint density at radius 2 is 1.64 bits per heavy atom. The highest BCUT2D eigenvalue weighted by Gasteiger charge is 2.30. The molecule has 3 aromatic heterocycles. The first-order valence-corrected chi connectivity index (χ1v) is 12.4. The van der Waals surface area contributed by atoms with E-state index >= 15 is 0 Å². The Morgan fingerprint density at radius 1 is 0.872 bits per heavy atom. The SMILES string of the molecule is FC(F)(F)c1ccc(Cn2cnc3c(Nc4ccccc4)nc(-c4ccc(N5CCOCC5)nc4)nc32)cc1. The van der Waals surface area contributed by atoms with Crippen molar-refractivity contribution in [3.05, 3.63) is 90.4 Å². The predicted octanol–water partition coefficient (Wildman–Crippen LogP) is 5.54. The van der Waals surface area contributed by atoms with Crippen molar-refractivity contribution in [1.29, 1.82) is 0 Å². The number of imidazole rings is 1. The van der Waals surface area contributed by atoms with Crippen LogP contribution in [0.25, 0.3) is 22.6 Å². The first-order valence-electron chi connectivity index (χ1n) is 12.4. The lowest BCUT2D eigenvalue weighted by Crippen LogP contribution is -2.36. The van der Waals surface area contributed by atoms with Crippen LogP contribution >= 0.6 is 0 Å². The molecule has 0 amide bonds. The summed E-state index contributed by atoms with van der Waals surface area (Å²) >= 11 is 0. The summed E-state index contributed by atoms with van der Waals surface area (Å²) in [7, 11) is 0. The number of para-hydroxylation sites is 1. The molecule has 0 bridgehead atoms. The van der Waals surface area contributed by atoms with Crippen molar-refractivity contribution in [2.75, 3.05) is 36.5 Å². The zero-order valence-corrected chi connectivity index (χ0v) is 20.8. The van der Waals surface area contributed by atoms with Crippen molar-refractivity contribution in [3.63, 3.8) is 0 Å². The van der Waals surface area contributed by atoms with E-state index in [0.29, 0.717) is 48.1 Å². The molecule has 2 aromatic carbocycles. The number of hydrogen-bond donors (Lipinski definition) is 1. The van der Waals surface area contributed by atoms with Crippen LogP contribution in [0.4, 0.5) is 30.5 Å². The van der Waals surface area contributed by atoms with Crippen LogP contribution in [0.2, 0.25) is 0 Å². The van der Waals surface area contributed by atoms with Crippen molar-refractivity contribution >= 4 is 28.5 Å². The highest BCUT2D eigenvalue weighted by atomic mass is 19.4. The topological polar surface area (TPSA) is 81.0 Å². The van der Waals surface area contributed by atoms with Gasteiger partial charge in [0.25, 0.3) is 0 Å². The maximum Gasteiger partial charge on any atom is 0.416 e. The third-order valence-corrected chi connectivity index (χ3v) is 6.48. The second kappa shape index (κ2) is 10.3. The van der Waals surface area contributed by atoms with Gasteiger partial charge in [0.15, 0.2) is 22.8 Å². The fourth-order valence-electron chi connectivity index (χ4n) is 4.43. The molecule has 1 saturated heterocycles. The molecule has 1 fully saturated rings. The molecule has 0 spiro atoms. The van der Waals surface area contributed by atoms with Crippen molar-refractivity contribution in [2.45, 2.75) is 12.7 Å². The van der Waals surface area contributed by atoms with Gasteiger partial charge in [-0.1, -0.05) is 30.3 Å². The molecule has 11 heteroatoms. The number of aromatic nitrogens is 5. The van der Waals surface area contributed by atoms with E-state index in [0.717, 1.165) is 42.3 Å². The van der Waals surface area contributed by atoms with Gasteiger partial charge in [0.1, 0.15) is 5.82 Å². The lowest BCUT2D eigenvalue weighted by molar-refractivity contribution is -0.137. The summed E-state index contributed by atoms with van der Waals surface area (Å²) in [6.07, 6.45) is -1.02. The average Bonchev–Trinajstić information content (AvgIpc) is 3.37. The van der Waals surface area contributed by atoms with Crippen LogP contribution in [0, 0.1) is 0 Å². The van der Waals surface area contributed by atoms with Gasteiger partial charge < -0.3 is 19.5 Å². The Balaban J connectivity index is 1.37. The van der Waals surface area contributed by atoms with Crippen molar-refractivity contribution < 1.29 is 17.9 Å². The lowest BCUT2D eigenvalue weighted by Gasteiger charge is -2.27. The van der Waals surface area contributed by atoms with Crippen LogP contribution in [0.5, 0.6) is 0 Å². The molecule has 0 atom stereocenters. The van der Waals surface area contributed by atoms with Gasteiger partial charge in [-0.15, -0.1) is 0 Å². The Morgan fingerprint density at radius 3 is 2.33 bits per heavy atom. The number of alkyl halides is 3. The minimum absolute atomic E-state index is 0.296. The molecular formula is C28H24F3N7O. The number of hydrogen-bond acceptors (Lipinski definition) is 7. The van der Waals surface area contributed by atoms with E-state index in [9.17, 15) is 13.2 Å². The Kier molecular flexibility index (Phi) is 6.57. The minimum atomic E-state index is -4.38. The number of ether oxygens (including phenoxy) is 1. The summed E-state index contributed by atoms with van der Waals surface area (Å²) in [6.45, 7) is 3.19. The summed E-state index contributed by atoms with van der Waals surface area (Å²) in [5.41, 5.74) is 2.67. The fourth-order valence-corrected chi connectivity index (χ4v) is 4.43.